The molecule has 0 unspecified atom stereocenters. The van der Waals surface area contributed by atoms with Crippen LogP contribution in [0.25, 0.3) is 11.5 Å². The zero-order chi connectivity index (χ0) is 10.1. The Kier molecular flexibility index (Phi) is 2.52. The van der Waals surface area contributed by atoms with Gasteiger partial charge in [0.1, 0.15) is 5.82 Å². The molecule has 0 amide bonds. The van der Waals surface area contributed by atoms with Gasteiger partial charge in [0.2, 0.25) is 0 Å². The van der Waals surface area contributed by atoms with Crippen molar-refractivity contribution in [2.45, 2.75) is 0 Å². The van der Waals surface area contributed by atoms with E-state index in [9.17, 15) is 4.39 Å². The fourth-order valence-electron chi connectivity index (χ4n) is 0.984. The van der Waals surface area contributed by atoms with Gasteiger partial charge < -0.3 is 4.52 Å². The highest BCUT2D eigenvalue weighted by Crippen LogP contribution is 2.29. The summed E-state index contributed by atoms with van der Waals surface area (Å²) in [6, 6.07) is 4.52. The van der Waals surface area contributed by atoms with Crippen molar-refractivity contribution < 1.29 is 8.91 Å². The predicted molar refractivity (Wildman–Crippen MR) is 52.4 cm³/mol. The van der Waals surface area contributed by atoms with Gasteiger partial charge in [-0.1, -0.05) is 6.07 Å². The van der Waals surface area contributed by atoms with Gasteiger partial charge in [0.05, 0.1) is 10.0 Å². The Labute approximate surface area is 92.0 Å². The summed E-state index contributed by atoms with van der Waals surface area (Å²) in [5.41, 5.74) is 0.476. The Morgan fingerprint density at radius 1 is 1.43 bits per heavy atom. The smallest absolute Gasteiger partial charge is 0.264 e. The summed E-state index contributed by atoms with van der Waals surface area (Å²) in [6.45, 7) is 0. The van der Waals surface area contributed by atoms with Gasteiger partial charge in [-0.25, -0.2) is 4.39 Å². The number of halogens is 3. The predicted octanol–water partition coefficient (Wildman–Crippen LogP) is 3.29. The van der Waals surface area contributed by atoms with E-state index >= 15 is 0 Å². The van der Waals surface area contributed by atoms with E-state index in [4.69, 9.17) is 16.1 Å². The molecule has 1 heterocycles. The van der Waals surface area contributed by atoms with Crippen molar-refractivity contribution in [3.05, 3.63) is 33.8 Å². The van der Waals surface area contributed by atoms with Gasteiger partial charge in [-0.2, -0.15) is 4.98 Å². The monoisotopic (exact) mass is 276 g/mol. The number of hydrogen-bond acceptors (Lipinski definition) is 3. The maximum Gasteiger partial charge on any atom is 0.264 e. The second kappa shape index (κ2) is 3.67. The largest absolute Gasteiger partial charge is 0.333 e. The van der Waals surface area contributed by atoms with Gasteiger partial charge in [-0.15, -0.1) is 0 Å². The number of hydrogen-bond donors (Lipinski definition) is 0. The molecule has 0 aliphatic heterocycles. The van der Waals surface area contributed by atoms with Crippen molar-refractivity contribution >= 4 is 27.5 Å². The third-order valence-corrected chi connectivity index (χ3v) is 2.54. The lowest BCUT2D eigenvalue weighted by molar-refractivity contribution is 0.430. The Morgan fingerprint density at radius 3 is 2.86 bits per heavy atom. The standard InChI is InChI=1S/C8H3BrClFN2O/c9-6-4(2-1-3-5(6)11)7-12-8(10)13-14-7/h1-3H. The van der Waals surface area contributed by atoms with Crippen LogP contribution in [-0.2, 0) is 0 Å². The maximum absolute atomic E-state index is 13.1. The van der Waals surface area contributed by atoms with Crippen LogP contribution in [0.3, 0.4) is 0 Å². The summed E-state index contributed by atoms with van der Waals surface area (Å²) < 4.78 is 18.2. The van der Waals surface area contributed by atoms with Gasteiger partial charge in [-0.3, -0.25) is 0 Å². The molecule has 0 fully saturated rings. The minimum atomic E-state index is -0.392. The molecule has 0 atom stereocenters. The molecule has 72 valence electrons. The van der Waals surface area contributed by atoms with Crippen molar-refractivity contribution in [1.29, 1.82) is 0 Å². The summed E-state index contributed by atoms with van der Waals surface area (Å²) in [5.74, 6) is -0.210. The topological polar surface area (TPSA) is 38.9 Å². The molecule has 0 N–H and O–H groups in total. The van der Waals surface area contributed by atoms with Gasteiger partial charge in [0.25, 0.3) is 11.2 Å². The van der Waals surface area contributed by atoms with Crippen molar-refractivity contribution in [1.82, 2.24) is 10.1 Å². The zero-order valence-electron chi connectivity index (χ0n) is 6.67. The number of nitrogens with zero attached hydrogens (tertiary/aromatic N) is 2. The molecule has 0 spiro atoms. The van der Waals surface area contributed by atoms with Crippen molar-refractivity contribution in [3.8, 4) is 11.5 Å². The molecule has 6 heteroatoms. The van der Waals surface area contributed by atoms with Crippen LogP contribution in [0.1, 0.15) is 0 Å². The molecule has 0 saturated heterocycles. The van der Waals surface area contributed by atoms with Crippen LogP contribution in [0.5, 0.6) is 0 Å². The molecule has 0 aliphatic rings. The lowest BCUT2D eigenvalue weighted by Gasteiger charge is -1.98. The summed E-state index contributed by atoms with van der Waals surface area (Å²) in [6.07, 6.45) is 0. The van der Waals surface area contributed by atoms with E-state index in [0.29, 0.717) is 5.56 Å². The third-order valence-electron chi connectivity index (χ3n) is 1.58. The first-order valence-electron chi connectivity index (χ1n) is 3.62. The number of benzene rings is 1. The van der Waals surface area contributed by atoms with E-state index in [2.05, 4.69) is 26.1 Å². The highest BCUT2D eigenvalue weighted by Gasteiger charge is 2.13. The minimum Gasteiger partial charge on any atom is -0.333 e. The Bertz CT molecular complexity index is 474. The summed E-state index contributed by atoms with van der Waals surface area (Å²) in [7, 11) is 0. The normalized spacial score (nSPS) is 10.5. The van der Waals surface area contributed by atoms with Crippen molar-refractivity contribution in [3.63, 3.8) is 0 Å². The Balaban J connectivity index is 2.57. The van der Waals surface area contributed by atoms with Crippen LogP contribution in [0, 0.1) is 5.82 Å². The highest BCUT2D eigenvalue weighted by atomic mass is 79.9. The van der Waals surface area contributed by atoms with E-state index in [-0.39, 0.29) is 15.6 Å². The molecule has 1 aromatic carbocycles. The molecule has 2 rings (SSSR count). The van der Waals surface area contributed by atoms with Gasteiger partial charge >= 0.3 is 0 Å². The molecule has 3 nitrogen and oxygen atoms in total. The van der Waals surface area contributed by atoms with E-state index < -0.39 is 5.82 Å². The van der Waals surface area contributed by atoms with Crippen LogP contribution in [-0.4, -0.2) is 10.1 Å². The average molecular weight is 277 g/mol. The molecular formula is C8H3BrClFN2O. The number of rotatable bonds is 1. The zero-order valence-corrected chi connectivity index (χ0v) is 9.01. The lowest BCUT2D eigenvalue weighted by atomic mass is 10.2. The second-order valence-electron chi connectivity index (χ2n) is 2.47. The first kappa shape index (κ1) is 9.61. The second-order valence-corrected chi connectivity index (χ2v) is 3.60. The quantitative estimate of drug-likeness (QED) is 0.803. The molecule has 1 aromatic heterocycles. The molecule has 0 aliphatic carbocycles. The lowest BCUT2D eigenvalue weighted by Crippen LogP contribution is -1.83. The molecule has 0 saturated carbocycles. The first-order valence-corrected chi connectivity index (χ1v) is 4.79. The third kappa shape index (κ3) is 1.65. The van der Waals surface area contributed by atoms with Gasteiger partial charge in [0.15, 0.2) is 0 Å². The summed E-state index contributed by atoms with van der Waals surface area (Å²) in [4.78, 5) is 3.77. The van der Waals surface area contributed by atoms with E-state index in [1.54, 1.807) is 12.1 Å². The van der Waals surface area contributed by atoms with E-state index in [1.165, 1.54) is 6.07 Å². The summed E-state index contributed by atoms with van der Waals surface area (Å²) >= 11 is 8.56. The number of aromatic nitrogens is 2. The van der Waals surface area contributed by atoms with E-state index in [1.807, 2.05) is 0 Å². The minimum absolute atomic E-state index is 0.00355. The molecule has 2 aromatic rings. The van der Waals surface area contributed by atoms with Crippen molar-refractivity contribution in [2.24, 2.45) is 0 Å². The fourth-order valence-corrected chi connectivity index (χ4v) is 1.53. The first-order chi connectivity index (χ1) is 6.68. The molecule has 0 radical (unpaired) electrons. The van der Waals surface area contributed by atoms with Crippen LogP contribution >= 0.6 is 27.5 Å². The SMILES string of the molecule is Fc1cccc(-c2nc(Cl)no2)c1Br. The van der Waals surface area contributed by atoms with Gasteiger partial charge in [0, 0.05) is 0 Å². The van der Waals surface area contributed by atoms with Gasteiger partial charge in [-0.05, 0) is 44.8 Å². The van der Waals surface area contributed by atoms with Crippen LogP contribution < -0.4 is 0 Å². The van der Waals surface area contributed by atoms with Crippen molar-refractivity contribution in [2.75, 3.05) is 0 Å². The molecule has 0 bridgehead atoms. The molecule has 14 heavy (non-hydrogen) atoms. The highest BCUT2D eigenvalue weighted by molar-refractivity contribution is 9.10. The Morgan fingerprint density at radius 2 is 2.21 bits per heavy atom. The maximum atomic E-state index is 13.1. The average Bonchev–Trinajstić information content (AvgIpc) is 2.57. The van der Waals surface area contributed by atoms with Crippen LogP contribution in [0.2, 0.25) is 5.28 Å². The fraction of sp³-hybridized carbons (Fsp3) is 0. The van der Waals surface area contributed by atoms with Crippen LogP contribution in [0.15, 0.2) is 27.2 Å². The van der Waals surface area contributed by atoms with E-state index in [0.717, 1.165) is 0 Å². The Hall–Kier alpha value is -0.940. The molecular weight excluding hydrogens is 274 g/mol. The summed E-state index contributed by atoms with van der Waals surface area (Å²) in [5, 5.41) is 3.40. The van der Waals surface area contributed by atoms with Crippen LogP contribution in [0.4, 0.5) is 4.39 Å².